The number of halogens is 1. The average molecular weight is 542 g/mol. The molecule has 0 aromatic heterocycles. The van der Waals surface area contributed by atoms with Gasteiger partial charge in [-0.05, 0) is 42.7 Å². The lowest BCUT2D eigenvalue weighted by molar-refractivity contribution is -0.140. The molecule has 0 fully saturated rings. The van der Waals surface area contributed by atoms with Gasteiger partial charge in [-0.15, -0.1) is 0 Å². The molecule has 0 aliphatic heterocycles. The lowest BCUT2D eigenvalue weighted by Gasteiger charge is -2.33. The second-order valence-electron chi connectivity index (χ2n) is 8.81. The predicted octanol–water partition coefficient (Wildman–Crippen LogP) is 4.19. The van der Waals surface area contributed by atoms with E-state index in [1.54, 1.807) is 19.1 Å². The number of aryl methyl sites for hydroxylation is 1. The molecule has 37 heavy (non-hydrogen) atoms. The fourth-order valence-electron chi connectivity index (χ4n) is 4.07. The maximum atomic E-state index is 13.9. The van der Waals surface area contributed by atoms with Gasteiger partial charge in [0.15, 0.2) is 0 Å². The van der Waals surface area contributed by atoms with Gasteiger partial charge in [0.25, 0.3) is 0 Å². The summed E-state index contributed by atoms with van der Waals surface area (Å²) in [6, 6.07) is 22.8. The van der Waals surface area contributed by atoms with Crippen LogP contribution in [0.25, 0.3) is 0 Å². The number of carbonyl (C=O) groups excluding carboxylic acids is 2. The molecule has 0 saturated carbocycles. The highest BCUT2D eigenvalue weighted by Crippen LogP contribution is 2.27. The number of hydrogen-bond donors (Lipinski definition) is 1. The van der Waals surface area contributed by atoms with Gasteiger partial charge in [0.2, 0.25) is 21.8 Å². The van der Waals surface area contributed by atoms with Crippen molar-refractivity contribution in [3.05, 3.63) is 101 Å². The zero-order valence-corrected chi connectivity index (χ0v) is 22.8. The first-order chi connectivity index (χ1) is 17.6. The molecule has 0 heterocycles. The Morgan fingerprint density at radius 2 is 1.54 bits per heavy atom. The van der Waals surface area contributed by atoms with Gasteiger partial charge < -0.3 is 10.2 Å². The molecular formula is C28H32ClN3O4S. The van der Waals surface area contributed by atoms with E-state index >= 15 is 0 Å². The summed E-state index contributed by atoms with van der Waals surface area (Å²) >= 11 is 6.16. The molecule has 2 amide bonds. The van der Waals surface area contributed by atoms with Gasteiger partial charge >= 0.3 is 0 Å². The quantitative estimate of drug-likeness (QED) is 0.394. The number of benzene rings is 3. The highest BCUT2D eigenvalue weighted by molar-refractivity contribution is 7.92. The molecule has 0 aliphatic rings. The third kappa shape index (κ3) is 7.81. The average Bonchev–Trinajstić information content (AvgIpc) is 2.87. The predicted molar refractivity (Wildman–Crippen MR) is 148 cm³/mol. The highest BCUT2D eigenvalue weighted by Gasteiger charge is 2.33. The Kier molecular flexibility index (Phi) is 9.72. The molecule has 0 radical (unpaired) electrons. The van der Waals surface area contributed by atoms with Crippen molar-refractivity contribution in [3.63, 3.8) is 0 Å². The van der Waals surface area contributed by atoms with Crippen LogP contribution in [0.2, 0.25) is 5.02 Å². The van der Waals surface area contributed by atoms with Crippen molar-refractivity contribution in [3.8, 4) is 0 Å². The first-order valence-electron chi connectivity index (χ1n) is 12.0. The van der Waals surface area contributed by atoms with Gasteiger partial charge in [-0.25, -0.2) is 8.42 Å². The smallest absolute Gasteiger partial charge is 0.244 e. The maximum Gasteiger partial charge on any atom is 0.244 e. The van der Waals surface area contributed by atoms with Crippen LogP contribution in [-0.2, 0) is 32.6 Å². The lowest BCUT2D eigenvalue weighted by Crippen LogP contribution is -2.53. The van der Waals surface area contributed by atoms with Crippen LogP contribution >= 0.6 is 11.6 Å². The number of nitrogens with one attached hydrogen (secondary N) is 1. The van der Waals surface area contributed by atoms with Crippen molar-refractivity contribution in [2.24, 2.45) is 0 Å². The largest absolute Gasteiger partial charge is 0.355 e. The molecule has 0 unspecified atom stereocenters. The number of amides is 2. The lowest BCUT2D eigenvalue weighted by atomic mass is 10.0. The van der Waals surface area contributed by atoms with Crippen LogP contribution in [0.15, 0.2) is 78.9 Å². The second-order valence-corrected chi connectivity index (χ2v) is 11.2. The Balaban J connectivity index is 2.04. The molecule has 196 valence electrons. The van der Waals surface area contributed by atoms with Crippen LogP contribution in [0.1, 0.15) is 23.6 Å². The summed E-state index contributed by atoms with van der Waals surface area (Å²) < 4.78 is 26.7. The number of carbonyl (C=O) groups is 2. The molecule has 1 atom stereocenters. The van der Waals surface area contributed by atoms with E-state index in [2.05, 4.69) is 5.32 Å². The monoisotopic (exact) mass is 541 g/mol. The molecular weight excluding hydrogens is 510 g/mol. The normalized spacial score (nSPS) is 12.0. The number of rotatable bonds is 11. The van der Waals surface area contributed by atoms with Crippen LogP contribution in [0, 0.1) is 6.92 Å². The molecule has 9 heteroatoms. The Morgan fingerprint density at radius 3 is 2.11 bits per heavy atom. The first kappa shape index (κ1) is 28.2. The van der Waals surface area contributed by atoms with Crippen LogP contribution in [0.4, 0.5) is 5.69 Å². The SMILES string of the molecule is CCNC(=O)[C@@H](Cc1ccccc1)N(Cc1ccccc1)C(=O)CN(c1cc(Cl)ccc1C)S(C)(=O)=O. The van der Waals surface area contributed by atoms with E-state index in [9.17, 15) is 18.0 Å². The van der Waals surface area contributed by atoms with Gasteiger partial charge in [0.1, 0.15) is 12.6 Å². The summed E-state index contributed by atoms with van der Waals surface area (Å²) in [6.07, 6.45) is 1.33. The van der Waals surface area contributed by atoms with E-state index in [0.717, 1.165) is 21.7 Å². The van der Waals surface area contributed by atoms with E-state index < -0.39 is 28.5 Å². The van der Waals surface area contributed by atoms with Crippen LogP contribution in [0.5, 0.6) is 0 Å². The van der Waals surface area contributed by atoms with Crippen molar-refractivity contribution in [1.29, 1.82) is 0 Å². The molecule has 0 aliphatic carbocycles. The molecule has 0 spiro atoms. The molecule has 3 rings (SSSR count). The molecule has 0 saturated heterocycles. The van der Waals surface area contributed by atoms with Gasteiger partial charge in [-0.2, -0.15) is 0 Å². The first-order valence-corrected chi connectivity index (χ1v) is 14.2. The third-order valence-corrected chi connectivity index (χ3v) is 7.30. The van der Waals surface area contributed by atoms with E-state index in [1.807, 2.05) is 67.6 Å². The molecule has 1 N–H and O–H groups in total. The van der Waals surface area contributed by atoms with Gasteiger partial charge in [-0.3, -0.25) is 13.9 Å². The fourth-order valence-corrected chi connectivity index (χ4v) is 5.14. The minimum absolute atomic E-state index is 0.139. The Labute approximate surface area is 224 Å². The summed E-state index contributed by atoms with van der Waals surface area (Å²) in [5, 5.41) is 3.19. The molecule has 7 nitrogen and oxygen atoms in total. The zero-order valence-electron chi connectivity index (χ0n) is 21.2. The topological polar surface area (TPSA) is 86.8 Å². The van der Waals surface area contributed by atoms with Crippen LogP contribution in [0.3, 0.4) is 0 Å². The standard InChI is InChI=1S/C28H32ClN3O4S/c1-4-30-28(34)26(17-22-11-7-5-8-12-22)31(19-23-13-9-6-10-14-23)27(33)20-32(37(3,35)36)25-18-24(29)16-15-21(25)2/h5-16,18,26H,4,17,19-20H2,1-3H3,(H,30,34)/t26-/m1/s1. The molecule has 0 bridgehead atoms. The number of sulfonamides is 1. The third-order valence-electron chi connectivity index (χ3n) is 5.94. The van der Waals surface area contributed by atoms with Gasteiger partial charge in [-0.1, -0.05) is 78.3 Å². The van der Waals surface area contributed by atoms with Crippen molar-refractivity contribution < 1.29 is 18.0 Å². The van der Waals surface area contributed by atoms with E-state index in [0.29, 0.717) is 22.8 Å². The van der Waals surface area contributed by atoms with Crippen molar-refractivity contribution in [2.75, 3.05) is 23.7 Å². The molecule has 3 aromatic rings. The number of hydrogen-bond acceptors (Lipinski definition) is 4. The van der Waals surface area contributed by atoms with Gasteiger partial charge in [0, 0.05) is 24.5 Å². The minimum atomic E-state index is -3.85. The highest BCUT2D eigenvalue weighted by atomic mass is 35.5. The van der Waals surface area contributed by atoms with Crippen molar-refractivity contribution in [1.82, 2.24) is 10.2 Å². The van der Waals surface area contributed by atoms with E-state index in [1.165, 1.54) is 11.0 Å². The van der Waals surface area contributed by atoms with Crippen molar-refractivity contribution in [2.45, 2.75) is 32.9 Å². The van der Waals surface area contributed by atoms with Gasteiger partial charge in [0.05, 0.1) is 11.9 Å². The zero-order chi connectivity index (χ0) is 27.0. The number of anilines is 1. The summed E-state index contributed by atoms with van der Waals surface area (Å²) in [4.78, 5) is 28.7. The number of likely N-dealkylation sites (N-methyl/N-ethyl adjacent to an activating group) is 1. The molecule has 3 aromatic carbocycles. The summed E-state index contributed by atoms with van der Waals surface area (Å²) in [7, 11) is -3.85. The van der Waals surface area contributed by atoms with Crippen molar-refractivity contribution >= 4 is 39.1 Å². The summed E-state index contributed by atoms with van der Waals surface area (Å²) in [6.45, 7) is 3.63. The van der Waals surface area contributed by atoms with Crippen LogP contribution < -0.4 is 9.62 Å². The second kappa shape index (κ2) is 12.7. The summed E-state index contributed by atoms with van der Waals surface area (Å²) in [5.41, 5.74) is 2.68. The van der Waals surface area contributed by atoms with E-state index in [4.69, 9.17) is 11.6 Å². The number of nitrogens with zero attached hydrogens (tertiary/aromatic N) is 2. The Morgan fingerprint density at radius 1 is 0.946 bits per heavy atom. The maximum absolute atomic E-state index is 13.9. The van der Waals surface area contributed by atoms with Crippen LogP contribution in [-0.4, -0.2) is 50.5 Å². The van der Waals surface area contributed by atoms with E-state index in [-0.39, 0.29) is 18.9 Å². The minimum Gasteiger partial charge on any atom is -0.355 e. The fraction of sp³-hybridized carbons (Fsp3) is 0.286. The Bertz CT molecular complexity index is 1320. The Hall–Kier alpha value is -3.36. The summed E-state index contributed by atoms with van der Waals surface area (Å²) in [5.74, 6) is -0.804.